The molecule has 27 heavy (non-hydrogen) atoms. The van der Waals surface area contributed by atoms with E-state index in [1.807, 2.05) is 0 Å². The first-order valence-corrected chi connectivity index (χ1v) is 9.57. The summed E-state index contributed by atoms with van der Waals surface area (Å²) in [4.78, 5) is 12.2. The van der Waals surface area contributed by atoms with E-state index in [4.69, 9.17) is 4.42 Å². The van der Waals surface area contributed by atoms with Crippen molar-refractivity contribution >= 4 is 21.6 Å². The first kappa shape index (κ1) is 18.7. The number of para-hydroxylation sites is 1. The lowest BCUT2D eigenvalue weighted by atomic mass is 10.2. The van der Waals surface area contributed by atoms with Gasteiger partial charge in [-0.1, -0.05) is 12.1 Å². The topological polar surface area (TPSA) is 88.4 Å². The van der Waals surface area contributed by atoms with Gasteiger partial charge in [0.15, 0.2) is 0 Å². The van der Waals surface area contributed by atoms with Crippen LogP contribution in [0.1, 0.15) is 29.1 Å². The highest BCUT2D eigenvalue weighted by Crippen LogP contribution is 2.19. The van der Waals surface area contributed by atoms with E-state index < -0.39 is 15.8 Å². The molecule has 0 saturated carbocycles. The third-order valence-electron chi connectivity index (χ3n) is 3.86. The minimum atomic E-state index is -3.97. The predicted octanol–water partition coefficient (Wildman–Crippen LogP) is 3.71. The van der Waals surface area contributed by atoms with E-state index in [9.17, 15) is 17.6 Å². The standard InChI is InChI=1S/C19H17FN2O4S/c1-13(18-7-4-12-26-18)21-19(23)14-8-10-15(11-9-14)27(24,25)22-17-6-3-2-5-16(17)20/h2-13,22H,1H3,(H,21,23)/t13-/m1/s1. The number of carbonyl (C=O) groups is 1. The van der Waals surface area contributed by atoms with Crippen molar-refractivity contribution in [2.45, 2.75) is 17.9 Å². The number of hydrogen-bond acceptors (Lipinski definition) is 4. The summed E-state index contributed by atoms with van der Waals surface area (Å²) in [5, 5.41) is 2.76. The average Bonchev–Trinajstić information content (AvgIpc) is 3.18. The fourth-order valence-electron chi connectivity index (χ4n) is 2.42. The van der Waals surface area contributed by atoms with Gasteiger partial charge in [0, 0.05) is 5.56 Å². The van der Waals surface area contributed by atoms with Crippen molar-refractivity contribution in [2.24, 2.45) is 0 Å². The van der Waals surface area contributed by atoms with Crippen LogP contribution in [0, 0.1) is 5.82 Å². The number of sulfonamides is 1. The Labute approximate surface area is 156 Å². The van der Waals surface area contributed by atoms with Crippen molar-refractivity contribution < 1.29 is 22.0 Å². The second-order valence-corrected chi connectivity index (χ2v) is 7.50. The molecule has 0 saturated heterocycles. The quantitative estimate of drug-likeness (QED) is 0.674. The molecule has 1 amide bonds. The van der Waals surface area contributed by atoms with Gasteiger partial charge in [0.25, 0.3) is 15.9 Å². The molecule has 0 aliphatic carbocycles. The van der Waals surface area contributed by atoms with Crippen molar-refractivity contribution in [1.29, 1.82) is 0 Å². The summed E-state index contributed by atoms with van der Waals surface area (Å²) >= 11 is 0. The van der Waals surface area contributed by atoms with Crippen molar-refractivity contribution in [3.63, 3.8) is 0 Å². The Morgan fingerprint density at radius 2 is 1.74 bits per heavy atom. The smallest absolute Gasteiger partial charge is 0.261 e. The van der Waals surface area contributed by atoms with Gasteiger partial charge in [0.05, 0.1) is 22.9 Å². The highest BCUT2D eigenvalue weighted by atomic mass is 32.2. The van der Waals surface area contributed by atoms with E-state index in [0.29, 0.717) is 11.3 Å². The molecule has 140 valence electrons. The molecule has 0 fully saturated rings. The molecule has 0 bridgehead atoms. The highest BCUT2D eigenvalue weighted by Gasteiger charge is 2.18. The first-order valence-electron chi connectivity index (χ1n) is 8.08. The summed E-state index contributed by atoms with van der Waals surface area (Å²) in [6, 6.07) is 14.0. The van der Waals surface area contributed by atoms with E-state index in [1.165, 1.54) is 48.7 Å². The fourth-order valence-corrected chi connectivity index (χ4v) is 3.49. The number of halogens is 1. The van der Waals surface area contributed by atoms with Crippen LogP contribution >= 0.6 is 0 Å². The van der Waals surface area contributed by atoms with Gasteiger partial charge in [0.1, 0.15) is 11.6 Å². The monoisotopic (exact) mass is 388 g/mol. The van der Waals surface area contributed by atoms with Gasteiger partial charge < -0.3 is 9.73 Å². The van der Waals surface area contributed by atoms with Crippen molar-refractivity contribution in [3.05, 3.63) is 84.1 Å². The molecule has 0 unspecified atom stereocenters. The largest absolute Gasteiger partial charge is 0.467 e. The lowest BCUT2D eigenvalue weighted by Gasteiger charge is -2.12. The second-order valence-electron chi connectivity index (χ2n) is 5.82. The number of amides is 1. The Balaban J connectivity index is 1.72. The van der Waals surface area contributed by atoms with Crippen LogP contribution in [0.2, 0.25) is 0 Å². The molecule has 1 heterocycles. The number of anilines is 1. The number of furan rings is 1. The van der Waals surface area contributed by atoms with Crippen molar-refractivity contribution in [1.82, 2.24) is 5.32 Å². The zero-order valence-electron chi connectivity index (χ0n) is 14.3. The van der Waals surface area contributed by atoms with E-state index in [-0.39, 0.29) is 22.5 Å². The van der Waals surface area contributed by atoms with Crippen LogP contribution in [0.25, 0.3) is 0 Å². The van der Waals surface area contributed by atoms with Crippen LogP contribution in [0.15, 0.2) is 76.2 Å². The Bertz CT molecular complexity index is 1030. The molecule has 0 radical (unpaired) electrons. The van der Waals surface area contributed by atoms with Gasteiger partial charge in [-0.05, 0) is 55.5 Å². The minimum Gasteiger partial charge on any atom is -0.467 e. The molecule has 6 nitrogen and oxygen atoms in total. The van der Waals surface area contributed by atoms with E-state index in [1.54, 1.807) is 19.1 Å². The summed E-state index contributed by atoms with van der Waals surface area (Å²) < 4.78 is 45.8. The van der Waals surface area contributed by atoms with Crippen LogP contribution in [0.3, 0.4) is 0 Å². The number of benzene rings is 2. The molecule has 2 N–H and O–H groups in total. The molecule has 0 aliphatic rings. The number of rotatable bonds is 6. The number of nitrogens with one attached hydrogen (secondary N) is 2. The van der Waals surface area contributed by atoms with E-state index >= 15 is 0 Å². The molecule has 0 aliphatic heterocycles. The van der Waals surface area contributed by atoms with Gasteiger partial charge in [0.2, 0.25) is 0 Å². The van der Waals surface area contributed by atoms with Gasteiger partial charge in [-0.15, -0.1) is 0 Å². The maximum Gasteiger partial charge on any atom is 0.261 e. The average molecular weight is 388 g/mol. The molecule has 3 aromatic rings. The van der Waals surface area contributed by atoms with Crippen molar-refractivity contribution in [3.8, 4) is 0 Å². The lowest BCUT2D eigenvalue weighted by Crippen LogP contribution is -2.26. The van der Waals surface area contributed by atoms with Crippen LogP contribution in [-0.2, 0) is 10.0 Å². The fraction of sp³-hybridized carbons (Fsp3) is 0.105. The summed E-state index contributed by atoms with van der Waals surface area (Å²) in [7, 11) is -3.97. The summed E-state index contributed by atoms with van der Waals surface area (Å²) in [6.45, 7) is 1.77. The molecule has 1 aromatic heterocycles. The zero-order valence-corrected chi connectivity index (χ0v) is 15.2. The highest BCUT2D eigenvalue weighted by molar-refractivity contribution is 7.92. The Morgan fingerprint density at radius 1 is 1.04 bits per heavy atom. The lowest BCUT2D eigenvalue weighted by molar-refractivity contribution is 0.0935. The molecular formula is C19H17FN2O4S. The molecular weight excluding hydrogens is 371 g/mol. The van der Waals surface area contributed by atoms with Gasteiger partial charge in [-0.25, -0.2) is 12.8 Å². The summed E-state index contributed by atoms with van der Waals surface area (Å²) in [5.41, 5.74) is 0.143. The zero-order chi connectivity index (χ0) is 19.4. The Hall–Kier alpha value is -3.13. The van der Waals surface area contributed by atoms with E-state index in [2.05, 4.69) is 10.0 Å². The second kappa shape index (κ2) is 7.63. The maximum atomic E-state index is 13.7. The van der Waals surface area contributed by atoms with Crippen LogP contribution < -0.4 is 10.0 Å². The van der Waals surface area contributed by atoms with Gasteiger partial charge in [-0.2, -0.15) is 0 Å². The summed E-state index contributed by atoms with van der Waals surface area (Å²) in [5.74, 6) is -0.439. The molecule has 8 heteroatoms. The summed E-state index contributed by atoms with van der Waals surface area (Å²) in [6.07, 6.45) is 1.51. The van der Waals surface area contributed by atoms with E-state index in [0.717, 1.165) is 6.07 Å². The van der Waals surface area contributed by atoms with Crippen molar-refractivity contribution in [2.75, 3.05) is 4.72 Å². The van der Waals surface area contributed by atoms with Gasteiger partial charge >= 0.3 is 0 Å². The molecule has 3 rings (SSSR count). The number of hydrogen-bond donors (Lipinski definition) is 2. The third kappa shape index (κ3) is 4.35. The normalized spacial score (nSPS) is 12.4. The Morgan fingerprint density at radius 3 is 2.37 bits per heavy atom. The van der Waals surface area contributed by atoms with Crippen LogP contribution in [0.5, 0.6) is 0 Å². The molecule has 0 spiro atoms. The molecule has 2 aromatic carbocycles. The first-order chi connectivity index (χ1) is 12.9. The van der Waals surface area contributed by atoms with Gasteiger partial charge in [-0.3, -0.25) is 9.52 Å². The molecule has 1 atom stereocenters. The minimum absolute atomic E-state index is 0.0820. The maximum absolute atomic E-state index is 13.7. The Kier molecular flexibility index (Phi) is 5.27. The SMILES string of the molecule is C[C@@H](NC(=O)c1ccc(S(=O)(=O)Nc2ccccc2F)cc1)c1ccco1. The number of carbonyl (C=O) groups excluding carboxylic acids is 1. The third-order valence-corrected chi connectivity index (χ3v) is 5.24. The predicted molar refractivity (Wildman–Crippen MR) is 98.2 cm³/mol. The van der Waals surface area contributed by atoms with Crippen LogP contribution in [0.4, 0.5) is 10.1 Å². The van der Waals surface area contributed by atoms with Crippen LogP contribution in [-0.4, -0.2) is 14.3 Å².